The van der Waals surface area contributed by atoms with Crippen molar-refractivity contribution in [3.05, 3.63) is 64.6 Å². The lowest BCUT2D eigenvalue weighted by Gasteiger charge is -2.25. The molecule has 4 nitrogen and oxygen atoms in total. The Morgan fingerprint density at radius 2 is 2.04 bits per heavy atom. The van der Waals surface area contributed by atoms with Gasteiger partial charge < -0.3 is 15.4 Å². The number of hydrogen-bond acceptors (Lipinski definition) is 4. The number of nitrogens with zero attached hydrogens (tertiary/aromatic N) is 2. The van der Waals surface area contributed by atoms with Gasteiger partial charge in [-0.15, -0.1) is 0 Å². The van der Waals surface area contributed by atoms with Crippen molar-refractivity contribution in [2.45, 2.75) is 27.3 Å². The van der Waals surface area contributed by atoms with Crippen LogP contribution in [0.3, 0.4) is 0 Å². The Kier molecular flexibility index (Phi) is 5.23. The number of rotatable bonds is 3. The van der Waals surface area contributed by atoms with Crippen molar-refractivity contribution < 1.29 is 4.74 Å². The average Bonchev–Trinajstić information content (AvgIpc) is 2.84. The summed E-state index contributed by atoms with van der Waals surface area (Å²) in [5.74, 6) is 0.904. The highest BCUT2D eigenvalue weighted by Gasteiger charge is 2.18. The van der Waals surface area contributed by atoms with Crippen molar-refractivity contribution in [3.8, 4) is 16.9 Å². The molecule has 26 heavy (non-hydrogen) atoms. The van der Waals surface area contributed by atoms with E-state index < -0.39 is 0 Å². The molecule has 0 saturated heterocycles. The van der Waals surface area contributed by atoms with Crippen LogP contribution in [0.15, 0.2) is 53.3 Å². The van der Waals surface area contributed by atoms with E-state index in [0.29, 0.717) is 12.3 Å². The SMILES string of the molecule is C=C(C(C)=C(C)Cl)N1CCOc2ccc(-c3cnc(C)c(N)c3)cc2C1. The highest BCUT2D eigenvalue weighted by molar-refractivity contribution is 6.29. The van der Waals surface area contributed by atoms with E-state index in [1.165, 1.54) is 0 Å². The Morgan fingerprint density at radius 3 is 2.73 bits per heavy atom. The standard InChI is InChI=1S/C21H24ClN3O/c1-13(14(2)22)16(4)25-7-8-26-21-6-5-17(9-19(21)12-25)18-10-20(23)15(3)24-11-18/h5-6,9-11H,4,7-8,12,23H2,1-3H3. The van der Waals surface area contributed by atoms with Crippen molar-refractivity contribution >= 4 is 17.3 Å². The van der Waals surface area contributed by atoms with E-state index in [0.717, 1.165) is 57.5 Å². The number of allylic oxidation sites excluding steroid dienone is 2. The van der Waals surface area contributed by atoms with Gasteiger partial charge in [0.1, 0.15) is 12.4 Å². The van der Waals surface area contributed by atoms with Gasteiger partial charge in [0, 0.05) is 34.6 Å². The van der Waals surface area contributed by atoms with Gasteiger partial charge in [0.2, 0.25) is 0 Å². The number of ether oxygens (including phenoxy) is 1. The summed E-state index contributed by atoms with van der Waals surface area (Å²) in [7, 11) is 0. The second kappa shape index (κ2) is 7.42. The van der Waals surface area contributed by atoms with Crippen LogP contribution in [0.1, 0.15) is 25.1 Å². The second-order valence-electron chi connectivity index (χ2n) is 6.60. The Labute approximate surface area is 159 Å². The molecule has 0 radical (unpaired) electrons. The summed E-state index contributed by atoms with van der Waals surface area (Å²) in [5.41, 5.74) is 12.7. The highest BCUT2D eigenvalue weighted by atomic mass is 35.5. The number of halogens is 1. The van der Waals surface area contributed by atoms with Crippen LogP contribution in [0, 0.1) is 6.92 Å². The predicted octanol–water partition coefficient (Wildman–Crippen LogP) is 4.88. The summed E-state index contributed by atoms with van der Waals surface area (Å²) in [6, 6.07) is 8.16. The summed E-state index contributed by atoms with van der Waals surface area (Å²) in [6.07, 6.45) is 1.85. The molecule has 1 aromatic heterocycles. The van der Waals surface area contributed by atoms with E-state index in [1.54, 1.807) is 0 Å². The molecule has 0 bridgehead atoms. The molecule has 2 N–H and O–H groups in total. The van der Waals surface area contributed by atoms with E-state index in [2.05, 4.69) is 22.5 Å². The average molecular weight is 370 g/mol. The van der Waals surface area contributed by atoms with Crippen LogP contribution in [0.5, 0.6) is 5.75 Å². The first-order chi connectivity index (χ1) is 12.4. The van der Waals surface area contributed by atoms with Crippen molar-refractivity contribution in [1.29, 1.82) is 0 Å². The predicted molar refractivity (Wildman–Crippen MR) is 108 cm³/mol. The van der Waals surface area contributed by atoms with Gasteiger partial charge in [0.05, 0.1) is 17.9 Å². The minimum absolute atomic E-state index is 0.610. The van der Waals surface area contributed by atoms with Gasteiger partial charge in [-0.2, -0.15) is 0 Å². The van der Waals surface area contributed by atoms with Crippen molar-refractivity contribution in [1.82, 2.24) is 9.88 Å². The zero-order valence-electron chi connectivity index (χ0n) is 15.5. The van der Waals surface area contributed by atoms with Crippen LogP contribution in [0.25, 0.3) is 11.1 Å². The number of fused-ring (bicyclic) bond motifs is 1. The molecular formula is C21H24ClN3O. The first kappa shape index (κ1) is 18.3. The highest BCUT2D eigenvalue weighted by Crippen LogP contribution is 2.32. The lowest BCUT2D eigenvalue weighted by molar-refractivity contribution is 0.267. The quantitative estimate of drug-likeness (QED) is 0.783. The van der Waals surface area contributed by atoms with Gasteiger partial charge in [-0.25, -0.2) is 0 Å². The van der Waals surface area contributed by atoms with Gasteiger partial charge in [-0.05, 0) is 50.1 Å². The minimum Gasteiger partial charge on any atom is -0.491 e. The number of hydrogen-bond donors (Lipinski definition) is 1. The van der Waals surface area contributed by atoms with Gasteiger partial charge in [-0.3, -0.25) is 4.98 Å². The third-order valence-corrected chi connectivity index (χ3v) is 5.11. The van der Waals surface area contributed by atoms with Crippen molar-refractivity contribution in [2.75, 3.05) is 18.9 Å². The Balaban J connectivity index is 1.94. The molecule has 0 atom stereocenters. The van der Waals surface area contributed by atoms with E-state index in [4.69, 9.17) is 22.1 Å². The lowest BCUT2D eigenvalue weighted by Crippen LogP contribution is -2.25. The number of benzene rings is 1. The first-order valence-electron chi connectivity index (χ1n) is 8.62. The fourth-order valence-electron chi connectivity index (χ4n) is 2.95. The number of anilines is 1. The summed E-state index contributed by atoms with van der Waals surface area (Å²) >= 11 is 6.16. The van der Waals surface area contributed by atoms with Crippen LogP contribution in [0.4, 0.5) is 5.69 Å². The zero-order valence-corrected chi connectivity index (χ0v) is 16.2. The van der Waals surface area contributed by atoms with E-state index >= 15 is 0 Å². The fourth-order valence-corrected chi connectivity index (χ4v) is 3.06. The molecule has 0 saturated carbocycles. The van der Waals surface area contributed by atoms with Crippen LogP contribution in [0.2, 0.25) is 0 Å². The van der Waals surface area contributed by atoms with E-state index in [9.17, 15) is 0 Å². The van der Waals surface area contributed by atoms with Crippen LogP contribution < -0.4 is 10.5 Å². The molecule has 0 unspecified atom stereocenters. The van der Waals surface area contributed by atoms with E-state index in [-0.39, 0.29) is 0 Å². The van der Waals surface area contributed by atoms with Crippen LogP contribution in [-0.2, 0) is 6.54 Å². The minimum atomic E-state index is 0.610. The summed E-state index contributed by atoms with van der Waals surface area (Å²) in [6.45, 7) is 12.1. The molecule has 2 heterocycles. The largest absolute Gasteiger partial charge is 0.491 e. The summed E-state index contributed by atoms with van der Waals surface area (Å²) < 4.78 is 5.93. The molecule has 3 rings (SSSR count). The molecule has 2 aromatic rings. The molecule has 1 aromatic carbocycles. The third kappa shape index (κ3) is 3.70. The smallest absolute Gasteiger partial charge is 0.124 e. The molecule has 1 aliphatic heterocycles. The van der Waals surface area contributed by atoms with Gasteiger partial charge >= 0.3 is 0 Å². The number of nitrogen functional groups attached to an aromatic ring is 1. The van der Waals surface area contributed by atoms with Crippen LogP contribution in [-0.4, -0.2) is 23.0 Å². The molecule has 0 aliphatic carbocycles. The lowest BCUT2D eigenvalue weighted by atomic mass is 10.0. The first-order valence-corrected chi connectivity index (χ1v) is 9.00. The molecule has 5 heteroatoms. The molecule has 0 amide bonds. The molecule has 0 spiro atoms. The molecule has 0 fully saturated rings. The third-order valence-electron chi connectivity index (χ3n) is 4.83. The second-order valence-corrected chi connectivity index (χ2v) is 7.16. The Bertz CT molecular complexity index is 885. The zero-order chi connectivity index (χ0) is 18.8. The Hall–Kier alpha value is -2.46. The maximum absolute atomic E-state index is 6.16. The monoisotopic (exact) mass is 369 g/mol. The number of aromatic nitrogens is 1. The fraction of sp³-hybridized carbons (Fsp3) is 0.286. The van der Waals surface area contributed by atoms with Crippen molar-refractivity contribution in [3.63, 3.8) is 0 Å². The molecule has 1 aliphatic rings. The van der Waals surface area contributed by atoms with Gasteiger partial charge in [-0.1, -0.05) is 24.2 Å². The Morgan fingerprint density at radius 1 is 1.27 bits per heavy atom. The number of aryl methyl sites for hydroxylation is 1. The topological polar surface area (TPSA) is 51.4 Å². The maximum atomic E-state index is 6.16. The summed E-state index contributed by atoms with van der Waals surface area (Å²) in [5, 5.41) is 0.760. The molecule has 136 valence electrons. The number of pyridine rings is 1. The van der Waals surface area contributed by atoms with Gasteiger partial charge in [0.15, 0.2) is 0 Å². The summed E-state index contributed by atoms with van der Waals surface area (Å²) in [4.78, 5) is 6.58. The van der Waals surface area contributed by atoms with E-state index in [1.807, 2.05) is 45.2 Å². The maximum Gasteiger partial charge on any atom is 0.124 e. The van der Waals surface area contributed by atoms with Gasteiger partial charge in [0.25, 0.3) is 0 Å². The number of nitrogens with two attached hydrogens (primary N) is 1. The van der Waals surface area contributed by atoms with Crippen LogP contribution >= 0.6 is 11.6 Å². The molecular weight excluding hydrogens is 346 g/mol. The van der Waals surface area contributed by atoms with Crippen molar-refractivity contribution in [2.24, 2.45) is 0 Å². The normalized spacial score (nSPS) is 14.8.